The van der Waals surface area contributed by atoms with E-state index in [1.807, 2.05) is 13.2 Å². The van der Waals surface area contributed by atoms with Gasteiger partial charge in [0.2, 0.25) is 0 Å². The molecule has 0 spiro atoms. The molecule has 2 rings (SSSR count). The maximum Gasteiger partial charge on any atom is 0.0830 e. The van der Waals surface area contributed by atoms with Gasteiger partial charge in [0.05, 0.1) is 5.69 Å². The fraction of sp³-hybridized carbons (Fsp3) is 0.500. The van der Waals surface area contributed by atoms with E-state index < -0.39 is 0 Å². The molecule has 0 saturated carbocycles. The van der Waals surface area contributed by atoms with Crippen molar-refractivity contribution in [1.29, 1.82) is 0 Å². The first-order chi connectivity index (χ1) is 10.2. The fourth-order valence-corrected chi connectivity index (χ4v) is 2.93. The van der Waals surface area contributed by atoms with Crippen molar-refractivity contribution in [3.05, 3.63) is 46.2 Å². The number of nitrogens with zero attached hydrogens (tertiary/aromatic N) is 3. The molecule has 0 amide bonds. The zero-order valence-electron chi connectivity index (χ0n) is 12.7. The summed E-state index contributed by atoms with van der Waals surface area (Å²) in [5, 5.41) is 11.8. The summed E-state index contributed by atoms with van der Waals surface area (Å²) in [6.45, 7) is 4.27. The van der Waals surface area contributed by atoms with Crippen molar-refractivity contribution in [3.8, 4) is 0 Å². The molecule has 0 aliphatic rings. The molecule has 1 heterocycles. The molecule has 1 N–H and O–H groups in total. The molecule has 0 aliphatic carbocycles. The van der Waals surface area contributed by atoms with Gasteiger partial charge >= 0.3 is 0 Å². The van der Waals surface area contributed by atoms with Gasteiger partial charge in [0, 0.05) is 17.7 Å². The van der Waals surface area contributed by atoms with Gasteiger partial charge < -0.3 is 5.32 Å². The normalized spacial score (nSPS) is 12.5. The number of benzene rings is 1. The molecule has 1 aromatic heterocycles. The Morgan fingerprint density at radius 1 is 1.33 bits per heavy atom. The van der Waals surface area contributed by atoms with E-state index in [4.69, 9.17) is 0 Å². The Morgan fingerprint density at radius 2 is 2.19 bits per heavy atom. The summed E-state index contributed by atoms with van der Waals surface area (Å²) < 4.78 is 2.91. The molecule has 4 nitrogen and oxygen atoms in total. The molecular weight excluding hydrogens is 328 g/mol. The van der Waals surface area contributed by atoms with Crippen molar-refractivity contribution in [3.63, 3.8) is 0 Å². The van der Waals surface area contributed by atoms with Crippen molar-refractivity contribution in [2.24, 2.45) is 13.0 Å². The Kier molecular flexibility index (Phi) is 6.39. The number of rotatable bonds is 8. The van der Waals surface area contributed by atoms with Gasteiger partial charge in [-0.2, -0.15) is 0 Å². The van der Waals surface area contributed by atoms with Crippen LogP contribution in [0.5, 0.6) is 0 Å². The molecule has 2 aromatic rings. The fourth-order valence-electron chi connectivity index (χ4n) is 2.48. The Bertz CT molecular complexity index is 553. The second-order valence-corrected chi connectivity index (χ2v) is 6.41. The van der Waals surface area contributed by atoms with Crippen LogP contribution in [0, 0.1) is 5.92 Å². The second-order valence-electron chi connectivity index (χ2n) is 5.49. The van der Waals surface area contributed by atoms with Gasteiger partial charge in [0.25, 0.3) is 0 Å². The molecular formula is C16H23BrN4. The number of aromatic nitrogens is 3. The van der Waals surface area contributed by atoms with Crippen LogP contribution in [0.15, 0.2) is 34.9 Å². The largest absolute Gasteiger partial charge is 0.316 e. The summed E-state index contributed by atoms with van der Waals surface area (Å²) in [6, 6.07) is 8.55. The minimum atomic E-state index is 0.530. The van der Waals surface area contributed by atoms with Crippen molar-refractivity contribution >= 4 is 15.9 Å². The number of hydrogen-bond donors (Lipinski definition) is 1. The number of aryl methyl sites for hydroxylation is 1. The molecule has 0 radical (unpaired) electrons. The zero-order valence-corrected chi connectivity index (χ0v) is 14.3. The Morgan fingerprint density at radius 3 is 2.86 bits per heavy atom. The lowest BCUT2D eigenvalue weighted by atomic mass is 9.95. The highest BCUT2D eigenvalue weighted by molar-refractivity contribution is 9.10. The van der Waals surface area contributed by atoms with E-state index >= 15 is 0 Å². The van der Waals surface area contributed by atoms with Gasteiger partial charge in [-0.15, -0.1) is 5.10 Å². The third-order valence-corrected chi connectivity index (χ3v) is 3.91. The lowest BCUT2D eigenvalue weighted by Crippen LogP contribution is -2.26. The quantitative estimate of drug-likeness (QED) is 0.744. The molecule has 21 heavy (non-hydrogen) atoms. The molecule has 5 heteroatoms. The van der Waals surface area contributed by atoms with Crippen LogP contribution in [0.2, 0.25) is 0 Å². The monoisotopic (exact) mass is 350 g/mol. The van der Waals surface area contributed by atoms with Crippen LogP contribution in [0.25, 0.3) is 0 Å². The summed E-state index contributed by atoms with van der Waals surface area (Å²) in [7, 11) is 1.91. The zero-order chi connectivity index (χ0) is 15.1. The van der Waals surface area contributed by atoms with Crippen LogP contribution < -0.4 is 5.32 Å². The van der Waals surface area contributed by atoms with E-state index in [1.54, 1.807) is 4.68 Å². The molecule has 1 aromatic carbocycles. The summed E-state index contributed by atoms with van der Waals surface area (Å²) >= 11 is 3.54. The Hall–Kier alpha value is -1.20. The summed E-state index contributed by atoms with van der Waals surface area (Å²) in [5.41, 5.74) is 2.42. The van der Waals surface area contributed by atoms with Gasteiger partial charge in [0.1, 0.15) is 0 Å². The van der Waals surface area contributed by atoms with Crippen LogP contribution in [0.4, 0.5) is 0 Å². The third-order valence-electron chi connectivity index (χ3n) is 3.42. The number of hydrogen-bond acceptors (Lipinski definition) is 3. The van der Waals surface area contributed by atoms with Gasteiger partial charge in [-0.25, -0.2) is 0 Å². The first-order valence-electron chi connectivity index (χ1n) is 7.47. The molecule has 1 atom stereocenters. The van der Waals surface area contributed by atoms with E-state index in [9.17, 15) is 0 Å². The van der Waals surface area contributed by atoms with E-state index in [0.717, 1.165) is 42.5 Å². The smallest absolute Gasteiger partial charge is 0.0830 e. The lowest BCUT2D eigenvalue weighted by Gasteiger charge is -2.16. The highest BCUT2D eigenvalue weighted by Crippen LogP contribution is 2.17. The van der Waals surface area contributed by atoms with Crippen LogP contribution in [0.3, 0.4) is 0 Å². The van der Waals surface area contributed by atoms with Crippen LogP contribution in [-0.4, -0.2) is 28.1 Å². The lowest BCUT2D eigenvalue weighted by molar-refractivity contribution is 0.466. The predicted octanol–water partition coefficient (Wildman–Crippen LogP) is 2.98. The van der Waals surface area contributed by atoms with Gasteiger partial charge in [-0.1, -0.05) is 40.2 Å². The predicted molar refractivity (Wildman–Crippen MR) is 89.2 cm³/mol. The van der Waals surface area contributed by atoms with Crippen molar-refractivity contribution in [2.75, 3.05) is 13.1 Å². The number of nitrogens with one attached hydrogen (secondary N) is 1. The SMILES string of the molecule is CCCNCC(Cc1cccc(Br)c1)Cc1cn(C)nn1. The van der Waals surface area contributed by atoms with Crippen LogP contribution in [-0.2, 0) is 19.9 Å². The topological polar surface area (TPSA) is 42.7 Å². The third kappa shape index (κ3) is 5.59. The van der Waals surface area contributed by atoms with Crippen molar-refractivity contribution in [1.82, 2.24) is 20.3 Å². The average Bonchev–Trinajstić information content (AvgIpc) is 2.84. The average molecular weight is 351 g/mol. The highest BCUT2D eigenvalue weighted by atomic mass is 79.9. The molecule has 114 valence electrons. The Labute approximate surface area is 135 Å². The van der Waals surface area contributed by atoms with Crippen LogP contribution in [0.1, 0.15) is 24.6 Å². The molecule has 1 unspecified atom stereocenters. The highest BCUT2D eigenvalue weighted by Gasteiger charge is 2.13. The van der Waals surface area contributed by atoms with Crippen molar-refractivity contribution in [2.45, 2.75) is 26.2 Å². The maximum absolute atomic E-state index is 4.22. The first-order valence-corrected chi connectivity index (χ1v) is 8.27. The summed E-state index contributed by atoms with van der Waals surface area (Å²) in [6.07, 6.45) is 5.17. The summed E-state index contributed by atoms with van der Waals surface area (Å²) in [5.74, 6) is 0.530. The molecule has 0 saturated heterocycles. The molecule has 0 aliphatic heterocycles. The van der Waals surface area contributed by atoms with E-state index in [1.165, 1.54) is 5.56 Å². The van der Waals surface area contributed by atoms with Gasteiger partial charge in [-0.05, 0) is 56.0 Å². The minimum absolute atomic E-state index is 0.530. The molecule has 0 bridgehead atoms. The Balaban J connectivity index is 2.00. The second kappa shape index (κ2) is 8.29. The van der Waals surface area contributed by atoms with E-state index in [2.05, 4.69) is 62.7 Å². The minimum Gasteiger partial charge on any atom is -0.316 e. The number of halogens is 1. The standard InChI is InChI=1S/C16H23BrN4/c1-3-7-18-11-14(10-16-12-21(2)20-19-16)8-13-5-4-6-15(17)9-13/h4-6,9,12,14,18H,3,7-8,10-11H2,1-2H3. The van der Waals surface area contributed by atoms with E-state index in [0.29, 0.717) is 5.92 Å². The van der Waals surface area contributed by atoms with Gasteiger partial charge in [0.15, 0.2) is 0 Å². The van der Waals surface area contributed by atoms with E-state index in [-0.39, 0.29) is 0 Å². The molecule has 0 fully saturated rings. The maximum atomic E-state index is 4.22. The van der Waals surface area contributed by atoms with Gasteiger partial charge in [-0.3, -0.25) is 4.68 Å². The first kappa shape index (κ1) is 16.2. The summed E-state index contributed by atoms with van der Waals surface area (Å²) in [4.78, 5) is 0. The van der Waals surface area contributed by atoms with Crippen LogP contribution >= 0.6 is 15.9 Å². The van der Waals surface area contributed by atoms with Crippen molar-refractivity contribution < 1.29 is 0 Å².